The third-order valence-electron chi connectivity index (χ3n) is 7.55. The van der Waals surface area contributed by atoms with Gasteiger partial charge in [0.1, 0.15) is 11.5 Å². The van der Waals surface area contributed by atoms with Gasteiger partial charge in [-0.15, -0.1) is 0 Å². The minimum atomic E-state index is -0.911. The van der Waals surface area contributed by atoms with Gasteiger partial charge in [-0.3, -0.25) is 9.59 Å². The summed E-state index contributed by atoms with van der Waals surface area (Å²) in [7, 11) is 3.40. The molecule has 1 aliphatic heterocycles. The topological polar surface area (TPSA) is 100 Å². The molecule has 1 aliphatic rings. The van der Waals surface area contributed by atoms with Crippen LogP contribution in [-0.2, 0) is 12.0 Å². The maximum Gasteiger partial charge on any atom is 0.253 e. The molecule has 218 valence electrons. The number of aliphatic hydroxyl groups excluding tert-OH is 1. The smallest absolute Gasteiger partial charge is 0.253 e. The van der Waals surface area contributed by atoms with Crippen molar-refractivity contribution in [2.45, 2.75) is 50.8 Å². The van der Waals surface area contributed by atoms with Crippen LogP contribution in [0.3, 0.4) is 0 Å². The fourth-order valence-corrected chi connectivity index (χ4v) is 4.92. The number of nitrogens with zero attached hydrogens (tertiary/aromatic N) is 1. The van der Waals surface area contributed by atoms with Gasteiger partial charge in [-0.25, -0.2) is 0 Å². The highest BCUT2D eigenvalue weighted by atomic mass is 16.5. The molecule has 0 unspecified atom stereocenters. The lowest BCUT2D eigenvalue weighted by molar-refractivity contribution is 0.0790. The van der Waals surface area contributed by atoms with E-state index in [1.165, 1.54) is 0 Å². The average Bonchev–Trinajstić information content (AvgIpc) is 2.98. The van der Waals surface area contributed by atoms with Crippen molar-refractivity contribution in [3.63, 3.8) is 0 Å². The number of hydrogen-bond acceptors (Lipinski definition) is 6. The van der Waals surface area contributed by atoms with E-state index in [0.717, 1.165) is 35.5 Å². The van der Waals surface area contributed by atoms with Crippen molar-refractivity contribution >= 4 is 11.8 Å². The summed E-state index contributed by atoms with van der Waals surface area (Å²) in [5.41, 5.74) is 2.30. The molecule has 1 heterocycles. The van der Waals surface area contributed by atoms with Gasteiger partial charge in [0.25, 0.3) is 11.8 Å². The van der Waals surface area contributed by atoms with E-state index in [2.05, 4.69) is 10.6 Å². The molecule has 0 saturated carbocycles. The second kappa shape index (κ2) is 13.7. The van der Waals surface area contributed by atoms with E-state index >= 15 is 0 Å². The van der Waals surface area contributed by atoms with Crippen LogP contribution in [0.15, 0.2) is 72.8 Å². The molecule has 3 N–H and O–H groups in total. The van der Waals surface area contributed by atoms with Gasteiger partial charge < -0.3 is 30.1 Å². The van der Waals surface area contributed by atoms with Gasteiger partial charge in [0.15, 0.2) is 0 Å². The minimum absolute atomic E-state index is 0.142. The van der Waals surface area contributed by atoms with E-state index in [4.69, 9.17) is 9.47 Å². The van der Waals surface area contributed by atoms with Crippen LogP contribution in [0.4, 0.5) is 0 Å². The molecule has 0 fully saturated rings. The summed E-state index contributed by atoms with van der Waals surface area (Å²) in [6.45, 7) is 5.43. The molecule has 41 heavy (non-hydrogen) atoms. The van der Waals surface area contributed by atoms with Gasteiger partial charge in [0.05, 0.1) is 25.9 Å². The van der Waals surface area contributed by atoms with E-state index in [1.807, 2.05) is 62.4 Å². The number of methoxy groups -OCH3 is 1. The first-order chi connectivity index (χ1) is 19.7. The lowest BCUT2D eigenvalue weighted by Gasteiger charge is -2.31. The monoisotopic (exact) mass is 559 g/mol. The Labute approximate surface area is 242 Å². The van der Waals surface area contributed by atoms with Crippen LogP contribution in [0.5, 0.6) is 11.5 Å². The quantitative estimate of drug-likeness (QED) is 0.419. The van der Waals surface area contributed by atoms with Crippen molar-refractivity contribution < 1.29 is 24.2 Å². The van der Waals surface area contributed by atoms with Gasteiger partial charge in [-0.2, -0.15) is 0 Å². The molecule has 0 aliphatic carbocycles. The highest BCUT2D eigenvalue weighted by Crippen LogP contribution is 2.24. The van der Waals surface area contributed by atoms with Gasteiger partial charge in [0.2, 0.25) is 0 Å². The maximum atomic E-state index is 13.4. The Balaban J connectivity index is 1.58. The first-order valence-electron chi connectivity index (χ1n) is 14.1. The second-order valence-corrected chi connectivity index (χ2v) is 11.1. The summed E-state index contributed by atoms with van der Waals surface area (Å²) in [5.74, 6) is 0.999. The molecule has 0 radical (unpaired) electrons. The van der Waals surface area contributed by atoms with E-state index in [9.17, 15) is 14.7 Å². The number of nitrogens with one attached hydrogen (secondary N) is 2. The minimum Gasteiger partial charge on any atom is -0.497 e. The molecule has 0 aromatic heterocycles. The SMILES string of the molecule is COc1cccc(C(C)(C)NC[C@@H](O)[C@@H]2Cc3cccc(c3)OCCCCN(C)C(=O)c3cccc(c3)C(=O)N2)c1. The highest BCUT2D eigenvalue weighted by Gasteiger charge is 2.27. The molecule has 2 amide bonds. The largest absolute Gasteiger partial charge is 0.497 e. The number of hydrogen-bond donors (Lipinski definition) is 3. The molecule has 0 saturated heterocycles. The first-order valence-corrected chi connectivity index (χ1v) is 14.1. The first kappa shape index (κ1) is 30.1. The average molecular weight is 560 g/mol. The van der Waals surface area contributed by atoms with Crippen LogP contribution in [-0.4, -0.2) is 67.8 Å². The van der Waals surface area contributed by atoms with Crippen molar-refractivity contribution in [2.75, 3.05) is 33.9 Å². The summed E-state index contributed by atoms with van der Waals surface area (Å²) < 4.78 is 11.4. The zero-order valence-corrected chi connectivity index (χ0v) is 24.4. The Morgan fingerprint density at radius 3 is 2.61 bits per heavy atom. The molecule has 0 spiro atoms. The summed E-state index contributed by atoms with van der Waals surface area (Å²) in [6.07, 6.45) is 1.09. The summed E-state index contributed by atoms with van der Waals surface area (Å²) in [4.78, 5) is 28.1. The predicted octanol–water partition coefficient (Wildman–Crippen LogP) is 4.17. The summed E-state index contributed by atoms with van der Waals surface area (Å²) >= 11 is 0. The van der Waals surface area contributed by atoms with Crippen molar-refractivity contribution in [1.82, 2.24) is 15.5 Å². The van der Waals surface area contributed by atoms with Gasteiger partial charge in [0, 0.05) is 36.8 Å². The molecular formula is C33H41N3O5. The zero-order chi connectivity index (χ0) is 29.4. The number of aliphatic hydroxyl groups is 1. The molecular weight excluding hydrogens is 518 g/mol. The fourth-order valence-electron chi connectivity index (χ4n) is 4.92. The summed E-state index contributed by atoms with van der Waals surface area (Å²) in [6, 6.07) is 21.7. The third-order valence-corrected chi connectivity index (χ3v) is 7.55. The van der Waals surface area contributed by atoms with E-state index in [0.29, 0.717) is 30.7 Å². The number of benzene rings is 3. The number of rotatable bonds is 6. The van der Waals surface area contributed by atoms with E-state index < -0.39 is 17.7 Å². The molecule has 4 bridgehead atoms. The van der Waals surface area contributed by atoms with Crippen LogP contribution < -0.4 is 20.1 Å². The number of amides is 2. The van der Waals surface area contributed by atoms with Crippen molar-refractivity contribution in [1.29, 1.82) is 0 Å². The maximum absolute atomic E-state index is 13.4. The van der Waals surface area contributed by atoms with E-state index in [1.54, 1.807) is 43.3 Å². The predicted molar refractivity (Wildman–Crippen MR) is 160 cm³/mol. The van der Waals surface area contributed by atoms with Gasteiger partial charge >= 0.3 is 0 Å². The van der Waals surface area contributed by atoms with Crippen LogP contribution >= 0.6 is 0 Å². The Morgan fingerprint density at radius 1 is 1.05 bits per heavy atom. The Morgan fingerprint density at radius 2 is 1.80 bits per heavy atom. The zero-order valence-electron chi connectivity index (χ0n) is 24.4. The number of carbonyl (C=O) groups is 2. The van der Waals surface area contributed by atoms with Crippen molar-refractivity contribution in [2.24, 2.45) is 0 Å². The Kier molecular flexibility index (Phi) is 10.0. The summed E-state index contributed by atoms with van der Waals surface area (Å²) in [5, 5.41) is 17.9. The van der Waals surface area contributed by atoms with Crippen LogP contribution in [0.1, 0.15) is 58.5 Å². The fraction of sp³-hybridized carbons (Fsp3) is 0.394. The van der Waals surface area contributed by atoms with Crippen LogP contribution in [0.25, 0.3) is 0 Å². The van der Waals surface area contributed by atoms with Crippen LogP contribution in [0, 0.1) is 0 Å². The molecule has 8 heteroatoms. The molecule has 8 nitrogen and oxygen atoms in total. The van der Waals surface area contributed by atoms with Crippen molar-refractivity contribution in [3.8, 4) is 11.5 Å². The standard InChI is InChI=1S/C33H41N3O5/c1-33(2,26-13-9-14-27(21-26)40-4)34-22-30(37)29-19-23-10-7-15-28(18-23)41-17-6-5-16-36(3)32(39)25-12-8-11-24(20-25)31(38)35-29/h7-15,18,20-21,29-30,34,37H,5-6,16-17,19,22H2,1-4H3,(H,35,38)/t29-,30+/m0/s1. The van der Waals surface area contributed by atoms with Gasteiger partial charge in [-0.05, 0) is 86.7 Å². The van der Waals surface area contributed by atoms with Gasteiger partial charge in [-0.1, -0.05) is 30.3 Å². The second-order valence-electron chi connectivity index (χ2n) is 11.1. The molecule has 2 atom stereocenters. The van der Waals surface area contributed by atoms with E-state index in [-0.39, 0.29) is 18.4 Å². The Hall–Kier alpha value is -3.88. The lowest BCUT2D eigenvalue weighted by atomic mass is 9.93. The third kappa shape index (κ3) is 8.08. The van der Waals surface area contributed by atoms with Crippen LogP contribution in [0.2, 0.25) is 0 Å². The number of fused-ring (bicyclic) bond motifs is 4. The Bertz CT molecular complexity index is 1340. The molecule has 3 aromatic rings. The molecule has 4 rings (SSSR count). The number of ether oxygens (including phenoxy) is 2. The molecule has 3 aromatic carbocycles. The van der Waals surface area contributed by atoms with Crippen molar-refractivity contribution in [3.05, 3.63) is 95.1 Å². The number of carbonyl (C=O) groups excluding carboxylic acids is 2. The normalized spacial score (nSPS) is 17.7. The lowest BCUT2D eigenvalue weighted by Crippen LogP contribution is -2.51. The highest BCUT2D eigenvalue weighted by molar-refractivity contribution is 5.99.